The fourth-order valence-corrected chi connectivity index (χ4v) is 3.43. The van der Waals surface area contributed by atoms with E-state index in [-0.39, 0.29) is 11.9 Å². The maximum atomic E-state index is 12.4. The Kier molecular flexibility index (Phi) is 7.18. The first-order valence-electron chi connectivity index (χ1n) is 8.59. The highest BCUT2D eigenvalue weighted by Crippen LogP contribution is 2.27. The summed E-state index contributed by atoms with van der Waals surface area (Å²) in [5.41, 5.74) is 0.707. The number of quaternary nitrogens is 1. The third kappa shape index (κ3) is 5.70. The van der Waals surface area contributed by atoms with Crippen molar-refractivity contribution in [2.24, 2.45) is 0 Å². The summed E-state index contributed by atoms with van der Waals surface area (Å²) >= 11 is 6.10. The van der Waals surface area contributed by atoms with Crippen LogP contribution in [0.2, 0.25) is 5.02 Å². The summed E-state index contributed by atoms with van der Waals surface area (Å²) in [5, 5.41) is 5.67. The van der Waals surface area contributed by atoms with Crippen molar-refractivity contribution in [3.05, 3.63) is 23.2 Å². The first-order valence-corrected chi connectivity index (χ1v) is 8.97. The van der Waals surface area contributed by atoms with Gasteiger partial charge in [0.05, 0.1) is 18.2 Å². The van der Waals surface area contributed by atoms with Gasteiger partial charge in [-0.3, -0.25) is 4.79 Å². The van der Waals surface area contributed by atoms with Crippen molar-refractivity contribution in [1.82, 2.24) is 0 Å². The number of carbonyl (C=O) groups is 1. The number of hydrogen-bond acceptors (Lipinski definition) is 2. The number of nitrogens with two attached hydrogens (primary N) is 1. The van der Waals surface area contributed by atoms with Gasteiger partial charge in [-0.2, -0.15) is 0 Å². The topological polar surface area (TPSA) is 54.9 Å². The monoisotopic (exact) mass is 339 g/mol. The number of amides is 1. The molecule has 3 N–H and O–H groups in total. The largest absolute Gasteiger partial charge is 0.495 e. The minimum atomic E-state index is -0.0969. The molecule has 1 aromatic rings. The van der Waals surface area contributed by atoms with Crippen LogP contribution in [0.3, 0.4) is 0 Å². The van der Waals surface area contributed by atoms with Gasteiger partial charge in [0.1, 0.15) is 5.75 Å². The van der Waals surface area contributed by atoms with Crippen molar-refractivity contribution in [2.45, 2.75) is 64.0 Å². The SMILES string of the molecule is COc1ccc(NC(=O)[C@H](C)[NH2+]C2CCCCCCC2)cc1Cl. The van der Waals surface area contributed by atoms with E-state index in [9.17, 15) is 4.79 Å². The van der Waals surface area contributed by atoms with E-state index in [1.54, 1.807) is 19.2 Å². The highest BCUT2D eigenvalue weighted by molar-refractivity contribution is 6.32. The fourth-order valence-electron chi connectivity index (χ4n) is 3.18. The number of rotatable bonds is 5. The number of halogens is 1. The zero-order valence-electron chi connectivity index (χ0n) is 14.1. The molecule has 128 valence electrons. The maximum absolute atomic E-state index is 12.4. The van der Waals surface area contributed by atoms with E-state index in [1.165, 1.54) is 44.9 Å². The normalized spacial score (nSPS) is 17.9. The molecule has 1 saturated carbocycles. The lowest BCUT2D eigenvalue weighted by molar-refractivity contribution is -0.707. The zero-order valence-corrected chi connectivity index (χ0v) is 14.9. The molecule has 1 aromatic carbocycles. The summed E-state index contributed by atoms with van der Waals surface area (Å²) in [4.78, 5) is 12.4. The van der Waals surface area contributed by atoms with E-state index < -0.39 is 0 Å². The summed E-state index contributed by atoms with van der Waals surface area (Å²) in [6.45, 7) is 1.97. The molecule has 0 spiro atoms. The minimum Gasteiger partial charge on any atom is -0.495 e. The predicted molar refractivity (Wildman–Crippen MR) is 94.1 cm³/mol. The van der Waals surface area contributed by atoms with Crippen molar-refractivity contribution >= 4 is 23.2 Å². The van der Waals surface area contributed by atoms with Gasteiger partial charge in [0, 0.05) is 5.69 Å². The van der Waals surface area contributed by atoms with Gasteiger partial charge in [0.15, 0.2) is 6.04 Å². The van der Waals surface area contributed by atoms with Gasteiger partial charge in [0.25, 0.3) is 5.91 Å². The van der Waals surface area contributed by atoms with E-state index in [2.05, 4.69) is 10.6 Å². The molecule has 4 nitrogen and oxygen atoms in total. The summed E-state index contributed by atoms with van der Waals surface area (Å²) in [6.07, 6.45) is 9.01. The van der Waals surface area contributed by atoms with E-state index in [0.29, 0.717) is 22.5 Å². The Bertz CT molecular complexity index is 514. The summed E-state index contributed by atoms with van der Waals surface area (Å²) in [5.74, 6) is 0.632. The first-order chi connectivity index (χ1) is 11.1. The molecular formula is C18H28ClN2O2+. The molecule has 0 heterocycles. The Morgan fingerprint density at radius 3 is 2.52 bits per heavy atom. The lowest BCUT2D eigenvalue weighted by Gasteiger charge is -2.21. The summed E-state index contributed by atoms with van der Waals surface area (Å²) < 4.78 is 5.12. The van der Waals surface area contributed by atoms with Crippen LogP contribution in [0.1, 0.15) is 51.9 Å². The van der Waals surface area contributed by atoms with Gasteiger partial charge in [-0.25, -0.2) is 0 Å². The van der Waals surface area contributed by atoms with E-state index in [1.807, 2.05) is 13.0 Å². The second-order valence-corrected chi connectivity index (χ2v) is 6.83. The standard InChI is InChI=1S/C18H27ClN2O2/c1-13(20-14-8-6-4-3-5-7-9-14)18(22)21-15-10-11-17(23-2)16(19)12-15/h10-14,20H,3-9H2,1-2H3,(H,21,22)/p+1/t13-/m0/s1. The highest BCUT2D eigenvalue weighted by Gasteiger charge is 2.22. The Hall–Kier alpha value is -1.26. The molecular weight excluding hydrogens is 312 g/mol. The summed E-state index contributed by atoms with van der Waals surface area (Å²) in [6, 6.07) is 5.77. The Balaban J connectivity index is 1.87. The van der Waals surface area contributed by atoms with Crippen molar-refractivity contribution in [3.8, 4) is 5.75 Å². The molecule has 0 unspecified atom stereocenters. The maximum Gasteiger partial charge on any atom is 0.282 e. The van der Waals surface area contributed by atoms with Gasteiger partial charge >= 0.3 is 0 Å². The number of methoxy groups -OCH3 is 1. The Morgan fingerprint density at radius 2 is 1.91 bits per heavy atom. The molecule has 23 heavy (non-hydrogen) atoms. The Labute approximate surface area is 143 Å². The first kappa shape index (κ1) is 18.1. The molecule has 0 radical (unpaired) electrons. The van der Waals surface area contributed by atoms with Crippen LogP contribution >= 0.6 is 11.6 Å². The predicted octanol–water partition coefficient (Wildman–Crippen LogP) is 3.35. The van der Waals surface area contributed by atoms with Gasteiger partial charge in [-0.15, -0.1) is 0 Å². The van der Waals surface area contributed by atoms with Gasteiger partial charge in [-0.1, -0.05) is 30.9 Å². The number of hydrogen-bond donors (Lipinski definition) is 2. The quantitative estimate of drug-likeness (QED) is 0.864. The van der Waals surface area contributed by atoms with Crippen LogP contribution in [0, 0.1) is 0 Å². The molecule has 2 rings (SSSR count). The molecule has 0 aliphatic heterocycles. The number of carbonyl (C=O) groups excluding carboxylic acids is 1. The molecule has 0 aromatic heterocycles. The molecule has 1 fully saturated rings. The average Bonchev–Trinajstić information content (AvgIpc) is 2.50. The number of nitrogens with one attached hydrogen (secondary N) is 1. The van der Waals surface area contributed by atoms with Crippen LogP contribution in [0.5, 0.6) is 5.75 Å². The summed E-state index contributed by atoms with van der Waals surface area (Å²) in [7, 11) is 1.57. The van der Waals surface area contributed by atoms with Crippen LogP contribution in [-0.4, -0.2) is 25.1 Å². The van der Waals surface area contributed by atoms with Crippen molar-refractivity contribution in [3.63, 3.8) is 0 Å². The molecule has 1 atom stereocenters. The average molecular weight is 340 g/mol. The molecule has 0 saturated heterocycles. The van der Waals surface area contributed by atoms with E-state index in [0.717, 1.165) is 0 Å². The van der Waals surface area contributed by atoms with Crippen LogP contribution in [0.25, 0.3) is 0 Å². The third-order valence-electron chi connectivity index (χ3n) is 4.54. The third-order valence-corrected chi connectivity index (χ3v) is 4.84. The van der Waals surface area contributed by atoms with E-state index in [4.69, 9.17) is 16.3 Å². The van der Waals surface area contributed by atoms with Crippen molar-refractivity contribution in [2.75, 3.05) is 12.4 Å². The lowest BCUT2D eigenvalue weighted by Crippen LogP contribution is -2.96. The smallest absolute Gasteiger partial charge is 0.282 e. The molecule has 0 bridgehead atoms. The van der Waals surface area contributed by atoms with Crippen molar-refractivity contribution in [1.29, 1.82) is 0 Å². The van der Waals surface area contributed by atoms with E-state index >= 15 is 0 Å². The van der Waals surface area contributed by atoms with Gasteiger partial charge in [-0.05, 0) is 50.8 Å². The molecule has 1 aliphatic carbocycles. The second kappa shape index (κ2) is 9.14. The molecule has 1 amide bonds. The zero-order chi connectivity index (χ0) is 16.7. The number of anilines is 1. The molecule has 1 aliphatic rings. The fraction of sp³-hybridized carbons (Fsp3) is 0.611. The van der Waals surface area contributed by atoms with Crippen LogP contribution in [0.4, 0.5) is 5.69 Å². The van der Waals surface area contributed by atoms with Crippen LogP contribution in [-0.2, 0) is 4.79 Å². The highest BCUT2D eigenvalue weighted by atomic mass is 35.5. The molecule has 5 heteroatoms. The minimum absolute atomic E-state index is 0.0216. The van der Waals surface area contributed by atoms with Crippen LogP contribution < -0.4 is 15.4 Å². The van der Waals surface area contributed by atoms with Crippen molar-refractivity contribution < 1.29 is 14.8 Å². The van der Waals surface area contributed by atoms with Gasteiger partial charge in [0.2, 0.25) is 0 Å². The number of ether oxygens (including phenoxy) is 1. The van der Waals surface area contributed by atoms with Gasteiger partial charge < -0.3 is 15.4 Å². The Morgan fingerprint density at radius 1 is 1.26 bits per heavy atom. The van der Waals surface area contributed by atoms with Crippen LogP contribution in [0.15, 0.2) is 18.2 Å². The second-order valence-electron chi connectivity index (χ2n) is 6.42. The lowest BCUT2D eigenvalue weighted by atomic mass is 9.96. The number of benzene rings is 1.